The predicted octanol–water partition coefficient (Wildman–Crippen LogP) is 5.53. The van der Waals surface area contributed by atoms with Gasteiger partial charge in [0.25, 0.3) is 5.91 Å². The maximum atomic E-state index is 12.8. The van der Waals surface area contributed by atoms with E-state index in [1.807, 2.05) is 52.0 Å². The largest absolute Gasteiger partial charge is 0.462 e. The van der Waals surface area contributed by atoms with E-state index in [0.29, 0.717) is 23.5 Å². The van der Waals surface area contributed by atoms with Crippen molar-refractivity contribution in [1.29, 1.82) is 5.26 Å². The average molecular weight is 420 g/mol. The first-order chi connectivity index (χ1) is 14.9. The molecule has 0 bridgehead atoms. The molecule has 6 heteroatoms. The highest BCUT2D eigenvalue weighted by Gasteiger charge is 2.16. The molecule has 0 radical (unpaired) electrons. The van der Waals surface area contributed by atoms with Crippen LogP contribution < -0.4 is 10.6 Å². The standard InChI is InChI=1S/C25H29N3O3/c1-5-6-14-31-25(30)21-11-7-8-13-22(21)27-16-19(15-26)24(29)28-23-18(4)10-9-12-20(23)17(2)3/h7-13,16-17,27H,5-6,14H2,1-4H3,(H,28,29)/b19-16-. The van der Waals surface area contributed by atoms with Gasteiger partial charge in [0.2, 0.25) is 0 Å². The Kier molecular flexibility index (Phi) is 8.83. The Hall–Kier alpha value is -3.59. The minimum Gasteiger partial charge on any atom is -0.462 e. The first kappa shape index (κ1) is 23.7. The number of para-hydroxylation sites is 2. The van der Waals surface area contributed by atoms with E-state index in [1.54, 1.807) is 24.3 Å². The second-order valence-corrected chi connectivity index (χ2v) is 7.50. The van der Waals surface area contributed by atoms with Crippen LogP contribution in [0.1, 0.15) is 61.0 Å². The summed E-state index contributed by atoms with van der Waals surface area (Å²) < 4.78 is 5.27. The molecule has 0 aromatic heterocycles. The summed E-state index contributed by atoms with van der Waals surface area (Å²) in [4.78, 5) is 25.1. The summed E-state index contributed by atoms with van der Waals surface area (Å²) in [6.07, 6.45) is 3.02. The van der Waals surface area contributed by atoms with Gasteiger partial charge >= 0.3 is 5.97 Å². The first-order valence-electron chi connectivity index (χ1n) is 10.4. The number of nitrogens with zero attached hydrogens (tertiary/aromatic N) is 1. The predicted molar refractivity (Wildman–Crippen MR) is 123 cm³/mol. The van der Waals surface area contributed by atoms with Crippen molar-refractivity contribution in [3.05, 3.63) is 70.9 Å². The van der Waals surface area contributed by atoms with Crippen LogP contribution in [0.25, 0.3) is 0 Å². The molecule has 162 valence electrons. The summed E-state index contributed by atoms with van der Waals surface area (Å²) in [5.41, 5.74) is 3.33. The van der Waals surface area contributed by atoms with Crippen molar-refractivity contribution in [3.8, 4) is 6.07 Å². The molecule has 31 heavy (non-hydrogen) atoms. The number of aryl methyl sites for hydroxylation is 1. The number of esters is 1. The average Bonchev–Trinajstić information content (AvgIpc) is 2.75. The zero-order chi connectivity index (χ0) is 22.8. The van der Waals surface area contributed by atoms with Crippen molar-refractivity contribution in [3.63, 3.8) is 0 Å². The molecule has 1 amide bonds. The Morgan fingerprint density at radius 2 is 1.90 bits per heavy atom. The lowest BCUT2D eigenvalue weighted by molar-refractivity contribution is -0.112. The number of unbranched alkanes of at least 4 members (excludes halogenated alkanes) is 1. The lowest BCUT2D eigenvalue weighted by atomic mass is 9.98. The van der Waals surface area contributed by atoms with Crippen LogP contribution in [-0.4, -0.2) is 18.5 Å². The monoisotopic (exact) mass is 419 g/mol. The van der Waals surface area contributed by atoms with Crippen LogP contribution in [0, 0.1) is 18.3 Å². The minimum absolute atomic E-state index is 0.105. The molecule has 0 heterocycles. The molecule has 2 aromatic rings. The Balaban J connectivity index is 2.20. The van der Waals surface area contributed by atoms with Crippen molar-refractivity contribution in [2.75, 3.05) is 17.2 Å². The van der Waals surface area contributed by atoms with Crippen molar-refractivity contribution >= 4 is 23.3 Å². The van der Waals surface area contributed by atoms with Crippen LogP contribution >= 0.6 is 0 Å². The molecule has 2 rings (SSSR count). The van der Waals surface area contributed by atoms with E-state index in [-0.39, 0.29) is 11.5 Å². The third-order valence-electron chi connectivity index (χ3n) is 4.78. The molecule has 0 aliphatic rings. The van der Waals surface area contributed by atoms with E-state index in [1.165, 1.54) is 6.20 Å². The fraction of sp³-hybridized carbons (Fsp3) is 0.320. The topological polar surface area (TPSA) is 91.2 Å². The highest BCUT2D eigenvalue weighted by atomic mass is 16.5. The van der Waals surface area contributed by atoms with E-state index in [9.17, 15) is 14.9 Å². The lowest BCUT2D eigenvalue weighted by Crippen LogP contribution is -2.17. The normalized spacial score (nSPS) is 11.0. The Labute approximate surface area is 183 Å². The number of hydrogen-bond acceptors (Lipinski definition) is 5. The van der Waals surface area contributed by atoms with Gasteiger partial charge < -0.3 is 15.4 Å². The minimum atomic E-state index is -0.519. The Bertz CT molecular complexity index is 1000. The van der Waals surface area contributed by atoms with Gasteiger partial charge in [0.15, 0.2) is 0 Å². The summed E-state index contributed by atoms with van der Waals surface area (Å²) in [7, 11) is 0. The van der Waals surface area contributed by atoms with Crippen molar-refractivity contribution in [2.24, 2.45) is 0 Å². The number of anilines is 2. The van der Waals surface area contributed by atoms with Gasteiger partial charge in [0.05, 0.1) is 17.9 Å². The molecule has 0 aliphatic carbocycles. The first-order valence-corrected chi connectivity index (χ1v) is 10.4. The summed E-state index contributed by atoms with van der Waals surface area (Å²) in [5.74, 6) is -0.753. The molecular formula is C25H29N3O3. The van der Waals surface area contributed by atoms with Crippen LogP contribution in [0.2, 0.25) is 0 Å². The van der Waals surface area contributed by atoms with Crippen LogP contribution in [0.4, 0.5) is 11.4 Å². The van der Waals surface area contributed by atoms with Crippen molar-refractivity contribution in [1.82, 2.24) is 0 Å². The number of carbonyl (C=O) groups is 2. The number of hydrogen-bond donors (Lipinski definition) is 2. The second kappa shape index (κ2) is 11.6. The van der Waals surface area contributed by atoms with E-state index in [4.69, 9.17) is 4.74 Å². The van der Waals surface area contributed by atoms with Gasteiger partial charge in [0, 0.05) is 11.9 Å². The molecule has 0 atom stereocenters. The van der Waals surface area contributed by atoms with Gasteiger partial charge in [-0.3, -0.25) is 4.79 Å². The number of ether oxygens (including phenoxy) is 1. The van der Waals surface area contributed by atoms with Crippen LogP contribution in [-0.2, 0) is 9.53 Å². The van der Waals surface area contributed by atoms with Gasteiger partial charge in [-0.15, -0.1) is 0 Å². The molecule has 0 saturated heterocycles. The molecule has 0 saturated carbocycles. The number of benzene rings is 2. The van der Waals surface area contributed by atoms with Gasteiger partial charge in [-0.05, 0) is 42.5 Å². The van der Waals surface area contributed by atoms with E-state index >= 15 is 0 Å². The van der Waals surface area contributed by atoms with Crippen LogP contribution in [0.15, 0.2) is 54.2 Å². The van der Waals surface area contributed by atoms with E-state index < -0.39 is 11.9 Å². The van der Waals surface area contributed by atoms with E-state index in [2.05, 4.69) is 10.6 Å². The fourth-order valence-electron chi connectivity index (χ4n) is 3.00. The zero-order valence-corrected chi connectivity index (χ0v) is 18.5. The molecule has 0 fully saturated rings. The highest BCUT2D eigenvalue weighted by Crippen LogP contribution is 2.27. The van der Waals surface area contributed by atoms with Crippen LogP contribution in [0.3, 0.4) is 0 Å². The smallest absolute Gasteiger partial charge is 0.340 e. The summed E-state index contributed by atoms with van der Waals surface area (Å²) in [6.45, 7) is 8.37. The number of amides is 1. The molecule has 0 spiro atoms. The third kappa shape index (κ3) is 6.45. The van der Waals surface area contributed by atoms with Gasteiger partial charge in [-0.1, -0.05) is 57.5 Å². The Morgan fingerprint density at radius 1 is 1.16 bits per heavy atom. The number of nitrogens with one attached hydrogen (secondary N) is 2. The number of carbonyl (C=O) groups excluding carboxylic acids is 2. The quantitative estimate of drug-likeness (QED) is 0.241. The van der Waals surface area contributed by atoms with Gasteiger partial charge in [-0.2, -0.15) is 5.26 Å². The molecule has 2 N–H and O–H groups in total. The van der Waals surface area contributed by atoms with Crippen LogP contribution in [0.5, 0.6) is 0 Å². The molecular weight excluding hydrogens is 390 g/mol. The molecule has 0 unspecified atom stereocenters. The van der Waals surface area contributed by atoms with Gasteiger partial charge in [-0.25, -0.2) is 4.79 Å². The SMILES string of the molecule is CCCCOC(=O)c1ccccc1N/C=C(/C#N)C(=O)Nc1c(C)cccc1C(C)C. The second-order valence-electron chi connectivity index (χ2n) is 7.50. The van der Waals surface area contributed by atoms with Gasteiger partial charge in [0.1, 0.15) is 11.6 Å². The molecule has 2 aromatic carbocycles. The summed E-state index contributed by atoms with van der Waals surface area (Å²) in [6, 6.07) is 14.6. The number of rotatable bonds is 9. The third-order valence-corrected chi connectivity index (χ3v) is 4.78. The number of nitriles is 1. The van der Waals surface area contributed by atoms with Crippen molar-refractivity contribution in [2.45, 2.75) is 46.5 Å². The lowest BCUT2D eigenvalue weighted by Gasteiger charge is -2.16. The van der Waals surface area contributed by atoms with Crippen molar-refractivity contribution < 1.29 is 14.3 Å². The summed E-state index contributed by atoms with van der Waals surface area (Å²) in [5, 5.41) is 15.3. The summed E-state index contributed by atoms with van der Waals surface area (Å²) >= 11 is 0. The Morgan fingerprint density at radius 3 is 2.58 bits per heavy atom. The highest BCUT2D eigenvalue weighted by molar-refractivity contribution is 6.07. The zero-order valence-electron chi connectivity index (χ0n) is 18.5. The molecule has 6 nitrogen and oxygen atoms in total. The molecule has 0 aliphatic heterocycles. The van der Waals surface area contributed by atoms with E-state index in [0.717, 1.165) is 24.0 Å². The maximum Gasteiger partial charge on any atom is 0.340 e. The fourth-order valence-corrected chi connectivity index (χ4v) is 3.00. The maximum absolute atomic E-state index is 12.8.